The van der Waals surface area contributed by atoms with Gasteiger partial charge in [0.15, 0.2) is 12.6 Å². The van der Waals surface area contributed by atoms with Crippen molar-refractivity contribution in [1.82, 2.24) is 0 Å². The van der Waals surface area contributed by atoms with Crippen molar-refractivity contribution in [2.75, 3.05) is 66.2 Å². The average Bonchev–Trinajstić information content (AvgIpc) is 2.72. The van der Waals surface area contributed by atoms with Crippen LogP contribution in [0.2, 0.25) is 0 Å². The van der Waals surface area contributed by atoms with Crippen molar-refractivity contribution >= 4 is 17.2 Å². The Labute approximate surface area is 176 Å². The van der Waals surface area contributed by atoms with Gasteiger partial charge in [-0.25, -0.2) is 0 Å². The summed E-state index contributed by atoms with van der Waals surface area (Å²) in [4.78, 5) is 0. The Hall–Kier alpha value is 0.620. The molecule has 0 rings (SSSR count). The summed E-state index contributed by atoms with van der Waals surface area (Å²) in [6.07, 6.45) is 12.9. The van der Waals surface area contributed by atoms with Gasteiger partial charge in [0.05, 0.1) is 6.10 Å². The second-order valence-corrected chi connectivity index (χ2v) is 9.80. The topological polar surface area (TPSA) is 72.2 Å². The molecule has 0 aliphatic rings. The lowest BCUT2D eigenvalue weighted by atomic mass is 10.1. The largest absolute Gasteiger partial charge is 0.378 e. The zero-order valence-electron chi connectivity index (χ0n) is 18.5. The van der Waals surface area contributed by atoms with Crippen LogP contribution < -0.4 is 5.73 Å². The zero-order chi connectivity index (χ0) is 20.9. The maximum absolute atomic E-state index is 6.09. The highest BCUT2D eigenvalue weighted by Gasteiger charge is 2.10. The van der Waals surface area contributed by atoms with Crippen LogP contribution in [0.3, 0.4) is 0 Å². The molecule has 170 valence electrons. The minimum Gasteiger partial charge on any atom is -0.378 e. The van der Waals surface area contributed by atoms with Crippen molar-refractivity contribution in [3.63, 3.8) is 0 Å². The smallest absolute Gasteiger partial charge is 0.157 e. The van der Waals surface area contributed by atoms with Crippen LogP contribution >= 0.6 is 17.2 Å². The molecule has 3 unspecified atom stereocenters. The third-order valence-corrected chi connectivity index (χ3v) is 7.27. The van der Waals surface area contributed by atoms with E-state index in [1.165, 1.54) is 31.3 Å². The number of methoxy groups -OCH3 is 4. The first-order valence-corrected chi connectivity index (χ1v) is 13.4. The van der Waals surface area contributed by atoms with Crippen LogP contribution in [0.5, 0.6) is 0 Å². The molecule has 3 atom stereocenters. The molecule has 0 radical (unpaired) electrons. The predicted molar refractivity (Wildman–Crippen MR) is 123 cm³/mol. The Morgan fingerprint density at radius 3 is 1.71 bits per heavy atom. The molecule has 0 saturated carbocycles. The second kappa shape index (κ2) is 22.3. The van der Waals surface area contributed by atoms with Gasteiger partial charge in [-0.1, -0.05) is 6.42 Å². The van der Waals surface area contributed by atoms with E-state index in [0.717, 1.165) is 62.0 Å². The first-order valence-electron chi connectivity index (χ1n) is 10.6. The predicted octanol–water partition coefficient (Wildman–Crippen LogP) is 3.66. The average molecular weight is 442 g/mol. The summed E-state index contributed by atoms with van der Waals surface area (Å²) in [5.41, 5.74) is 5.60. The molecule has 0 saturated heterocycles. The highest BCUT2D eigenvalue weighted by atomic mass is 31.1. The van der Waals surface area contributed by atoms with Crippen molar-refractivity contribution in [2.45, 2.75) is 63.6 Å². The Morgan fingerprint density at radius 2 is 1.18 bits per heavy atom. The van der Waals surface area contributed by atoms with Crippen LogP contribution in [0.25, 0.3) is 0 Å². The second-order valence-electron chi connectivity index (χ2n) is 6.80. The number of hydrogen-bond donors (Lipinski definition) is 1. The number of unbranched alkanes of at least 4 members (excludes halogenated alkanes) is 1. The molecule has 0 amide bonds. The lowest BCUT2D eigenvalue weighted by Gasteiger charge is -2.18. The van der Waals surface area contributed by atoms with Gasteiger partial charge in [-0.15, -0.1) is 17.2 Å². The van der Waals surface area contributed by atoms with Crippen LogP contribution in [0.1, 0.15) is 44.9 Å². The van der Waals surface area contributed by atoms with Gasteiger partial charge in [0.25, 0.3) is 0 Å². The van der Waals surface area contributed by atoms with Crippen LogP contribution in [0, 0.1) is 0 Å². The van der Waals surface area contributed by atoms with E-state index >= 15 is 0 Å². The highest BCUT2D eigenvalue weighted by molar-refractivity contribution is 7.38. The monoisotopic (exact) mass is 441 g/mol. The summed E-state index contributed by atoms with van der Waals surface area (Å²) in [5.74, 6) is 0. The molecule has 0 spiro atoms. The minimum absolute atomic E-state index is 0.0447. The Kier molecular flexibility index (Phi) is 22.8. The van der Waals surface area contributed by atoms with Gasteiger partial charge < -0.3 is 29.4 Å². The summed E-state index contributed by atoms with van der Waals surface area (Å²) in [5, 5.41) is 0. The maximum Gasteiger partial charge on any atom is 0.157 e. The fraction of sp³-hybridized carbons (Fsp3) is 1.00. The van der Waals surface area contributed by atoms with Crippen LogP contribution in [0.4, 0.5) is 0 Å². The van der Waals surface area contributed by atoms with Gasteiger partial charge in [0.1, 0.15) is 0 Å². The number of rotatable bonds is 22. The third kappa shape index (κ3) is 17.5. The van der Waals surface area contributed by atoms with E-state index in [1.54, 1.807) is 28.4 Å². The summed E-state index contributed by atoms with van der Waals surface area (Å²) in [6.45, 7) is 1.49. The van der Waals surface area contributed by atoms with E-state index in [-0.39, 0.29) is 12.6 Å². The molecule has 0 aromatic heterocycles. The number of ether oxygens (including phenoxy) is 5. The highest BCUT2D eigenvalue weighted by Crippen LogP contribution is 2.21. The lowest BCUT2D eigenvalue weighted by Crippen LogP contribution is -2.17. The summed E-state index contributed by atoms with van der Waals surface area (Å²) in [6, 6.07) is 0. The van der Waals surface area contributed by atoms with E-state index in [9.17, 15) is 0 Å². The van der Waals surface area contributed by atoms with Gasteiger partial charge in [-0.3, -0.25) is 0 Å². The van der Waals surface area contributed by atoms with Crippen molar-refractivity contribution in [2.24, 2.45) is 5.73 Å². The van der Waals surface area contributed by atoms with E-state index in [1.807, 2.05) is 0 Å². The van der Waals surface area contributed by atoms with Gasteiger partial charge in [-0.05, 0) is 56.9 Å². The molecule has 28 heavy (non-hydrogen) atoms. The van der Waals surface area contributed by atoms with Crippen molar-refractivity contribution < 1.29 is 23.7 Å². The van der Waals surface area contributed by atoms with E-state index < -0.39 is 0 Å². The van der Waals surface area contributed by atoms with E-state index in [2.05, 4.69) is 0 Å². The van der Waals surface area contributed by atoms with Crippen molar-refractivity contribution in [3.05, 3.63) is 0 Å². The molecule has 6 nitrogen and oxygen atoms in total. The number of hydrogen-bond acceptors (Lipinski definition) is 6. The summed E-state index contributed by atoms with van der Waals surface area (Å²) in [7, 11) is 8.75. The SMILES string of the molecule is COC(CCPCCCCC(CCPCCC(OC)OC)OCCCN)OC. The normalized spacial score (nSPS) is 13.8. The fourth-order valence-corrected chi connectivity index (χ4v) is 5.29. The summed E-state index contributed by atoms with van der Waals surface area (Å²) < 4.78 is 27.0. The Morgan fingerprint density at radius 1 is 0.643 bits per heavy atom. The fourth-order valence-electron chi connectivity index (χ4n) is 2.88. The quantitative estimate of drug-likeness (QED) is 0.157. The summed E-state index contributed by atoms with van der Waals surface area (Å²) >= 11 is 0. The number of nitrogens with two attached hydrogens (primary N) is 1. The Balaban J connectivity index is 3.83. The van der Waals surface area contributed by atoms with Gasteiger partial charge >= 0.3 is 0 Å². The molecule has 0 heterocycles. The molecule has 0 aromatic rings. The van der Waals surface area contributed by atoms with Crippen molar-refractivity contribution in [3.8, 4) is 0 Å². The minimum atomic E-state index is -0.0620. The molecule has 2 N–H and O–H groups in total. The van der Waals surface area contributed by atoms with Crippen molar-refractivity contribution in [1.29, 1.82) is 0 Å². The van der Waals surface area contributed by atoms with E-state index in [4.69, 9.17) is 29.4 Å². The maximum atomic E-state index is 6.09. The van der Waals surface area contributed by atoms with Crippen LogP contribution in [-0.4, -0.2) is 84.9 Å². The molecule has 0 aliphatic heterocycles. The van der Waals surface area contributed by atoms with E-state index in [0.29, 0.717) is 12.6 Å². The standard InChI is InChI=1S/C20H45NO5P2/c1-22-19(23-2)10-16-27-14-6-5-8-18(26-13-7-12-21)9-15-28-17-11-20(24-3)25-4/h18-20,27-28H,5-17,21H2,1-4H3. The first kappa shape index (κ1) is 28.6. The van der Waals surface area contributed by atoms with Crippen LogP contribution in [-0.2, 0) is 23.7 Å². The molecule has 0 aliphatic carbocycles. The molecule has 0 bridgehead atoms. The zero-order valence-corrected chi connectivity index (χ0v) is 20.5. The molecular formula is C20H45NO5P2. The lowest BCUT2D eigenvalue weighted by molar-refractivity contribution is -0.102. The molecule has 8 heteroatoms. The van der Waals surface area contributed by atoms with Crippen LogP contribution in [0.15, 0.2) is 0 Å². The third-order valence-electron chi connectivity index (χ3n) is 4.64. The first-order chi connectivity index (χ1) is 13.7. The molecular weight excluding hydrogens is 396 g/mol. The Bertz CT molecular complexity index is 308. The molecule has 0 fully saturated rings. The molecule has 0 aromatic carbocycles. The van der Waals surface area contributed by atoms with Gasteiger partial charge in [0.2, 0.25) is 0 Å². The van der Waals surface area contributed by atoms with Gasteiger partial charge in [-0.2, -0.15) is 0 Å². The van der Waals surface area contributed by atoms with Gasteiger partial charge in [0, 0.05) is 47.9 Å².